The van der Waals surface area contributed by atoms with Crippen LogP contribution in [0.4, 0.5) is 0 Å². The van der Waals surface area contributed by atoms with Gasteiger partial charge in [-0.25, -0.2) is 0 Å². The van der Waals surface area contributed by atoms with Gasteiger partial charge in [0.2, 0.25) is 0 Å². The third-order valence-electron chi connectivity index (χ3n) is 3.99. The fraction of sp³-hybridized carbons (Fsp3) is 0.588. The fourth-order valence-electron chi connectivity index (χ4n) is 2.68. The Morgan fingerprint density at radius 3 is 2.50 bits per heavy atom. The van der Waals surface area contributed by atoms with E-state index in [-0.39, 0.29) is 18.3 Å². The Morgan fingerprint density at radius 1 is 1.18 bits per heavy atom. The molecule has 0 bridgehead atoms. The summed E-state index contributed by atoms with van der Waals surface area (Å²) in [5.74, 6) is 1.49. The van der Waals surface area contributed by atoms with Gasteiger partial charge in [0, 0.05) is 12.1 Å². The zero-order valence-electron chi connectivity index (χ0n) is 13.1. The Kier molecular flexibility index (Phi) is 8.94. The summed E-state index contributed by atoms with van der Waals surface area (Å²) in [6, 6.07) is 7.38. The quantitative estimate of drug-likeness (QED) is 0.756. The standard InChI is InChI=1S/C17H26N2O2.ClH/c18-11-4-12-19-17(20)15-7-9-16(10-8-15)21-13-14-5-2-1-3-6-14;/h7-10,14H,1-6,11-13,18H2,(H,19,20);1H. The van der Waals surface area contributed by atoms with Crippen LogP contribution < -0.4 is 15.8 Å². The average molecular weight is 327 g/mol. The predicted molar refractivity (Wildman–Crippen MR) is 91.8 cm³/mol. The van der Waals surface area contributed by atoms with Crippen molar-refractivity contribution in [3.8, 4) is 5.75 Å². The number of hydrogen-bond acceptors (Lipinski definition) is 3. The number of amides is 1. The van der Waals surface area contributed by atoms with Gasteiger partial charge in [-0.2, -0.15) is 0 Å². The van der Waals surface area contributed by atoms with E-state index < -0.39 is 0 Å². The predicted octanol–water partition coefficient (Wildman–Crippen LogP) is 3.15. The summed E-state index contributed by atoms with van der Waals surface area (Å²) >= 11 is 0. The monoisotopic (exact) mass is 326 g/mol. The molecule has 1 aliphatic rings. The van der Waals surface area contributed by atoms with E-state index in [9.17, 15) is 4.79 Å². The molecule has 0 unspecified atom stereocenters. The molecule has 4 nitrogen and oxygen atoms in total. The number of hydrogen-bond donors (Lipinski definition) is 2. The molecule has 5 heteroatoms. The molecular weight excluding hydrogens is 300 g/mol. The zero-order valence-corrected chi connectivity index (χ0v) is 13.9. The Hall–Kier alpha value is -1.26. The first-order valence-electron chi connectivity index (χ1n) is 8.00. The molecule has 0 atom stereocenters. The van der Waals surface area contributed by atoms with Crippen molar-refractivity contribution >= 4 is 18.3 Å². The SMILES string of the molecule is Cl.NCCCNC(=O)c1ccc(OCC2CCCCC2)cc1. The van der Waals surface area contributed by atoms with Crippen molar-refractivity contribution < 1.29 is 9.53 Å². The molecule has 0 radical (unpaired) electrons. The lowest BCUT2D eigenvalue weighted by Gasteiger charge is -2.21. The first-order valence-corrected chi connectivity index (χ1v) is 8.00. The summed E-state index contributed by atoms with van der Waals surface area (Å²) in [6.07, 6.45) is 7.38. The molecule has 1 aromatic carbocycles. The maximum Gasteiger partial charge on any atom is 0.251 e. The van der Waals surface area contributed by atoms with E-state index in [0.29, 0.717) is 24.6 Å². The van der Waals surface area contributed by atoms with E-state index in [1.165, 1.54) is 32.1 Å². The molecule has 0 aliphatic heterocycles. The van der Waals surface area contributed by atoms with Crippen LogP contribution in [0.3, 0.4) is 0 Å². The number of nitrogens with one attached hydrogen (secondary N) is 1. The third-order valence-corrected chi connectivity index (χ3v) is 3.99. The Morgan fingerprint density at radius 2 is 1.86 bits per heavy atom. The van der Waals surface area contributed by atoms with Crippen LogP contribution in [0.15, 0.2) is 24.3 Å². The maximum atomic E-state index is 11.8. The number of ether oxygens (including phenoxy) is 1. The summed E-state index contributed by atoms with van der Waals surface area (Å²) in [4.78, 5) is 11.8. The van der Waals surface area contributed by atoms with Crippen LogP contribution in [-0.4, -0.2) is 25.6 Å². The number of carbonyl (C=O) groups excluding carboxylic acids is 1. The Labute approximate surface area is 139 Å². The second-order valence-electron chi connectivity index (χ2n) is 5.74. The molecule has 1 saturated carbocycles. The topological polar surface area (TPSA) is 64.3 Å². The number of carbonyl (C=O) groups is 1. The number of rotatable bonds is 7. The van der Waals surface area contributed by atoms with Gasteiger partial charge < -0.3 is 15.8 Å². The fourth-order valence-corrected chi connectivity index (χ4v) is 2.68. The van der Waals surface area contributed by atoms with E-state index in [1.54, 1.807) is 0 Å². The van der Waals surface area contributed by atoms with Crippen molar-refractivity contribution in [2.75, 3.05) is 19.7 Å². The van der Waals surface area contributed by atoms with E-state index in [1.807, 2.05) is 24.3 Å². The minimum Gasteiger partial charge on any atom is -0.493 e. The van der Waals surface area contributed by atoms with Gasteiger partial charge in [-0.1, -0.05) is 19.3 Å². The van der Waals surface area contributed by atoms with Crippen LogP contribution in [0.5, 0.6) is 5.75 Å². The largest absolute Gasteiger partial charge is 0.493 e. The molecule has 2 rings (SSSR count). The molecule has 0 heterocycles. The van der Waals surface area contributed by atoms with Crippen LogP contribution >= 0.6 is 12.4 Å². The molecular formula is C17H27ClN2O2. The van der Waals surface area contributed by atoms with Crippen molar-refractivity contribution in [3.05, 3.63) is 29.8 Å². The molecule has 0 aromatic heterocycles. The van der Waals surface area contributed by atoms with Gasteiger partial charge in [0.25, 0.3) is 5.91 Å². The summed E-state index contributed by atoms with van der Waals surface area (Å²) in [6.45, 7) is 2.01. The highest BCUT2D eigenvalue weighted by atomic mass is 35.5. The lowest BCUT2D eigenvalue weighted by Crippen LogP contribution is -2.25. The van der Waals surface area contributed by atoms with Crippen molar-refractivity contribution in [1.29, 1.82) is 0 Å². The average Bonchev–Trinajstić information content (AvgIpc) is 2.54. The van der Waals surface area contributed by atoms with Gasteiger partial charge >= 0.3 is 0 Å². The van der Waals surface area contributed by atoms with Gasteiger partial charge in [-0.15, -0.1) is 12.4 Å². The van der Waals surface area contributed by atoms with E-state index >= 15 is 0 Å². The normalized spacial score (nSPS) is 15.0. The maximum absolute atomic E-state index is 11.8. The third kappa shape index (κ3) is 6.24. The van der Waals surface area contributed by atoms with Crippen molar-refractivity contribution in [1.82, 2.24) is 5.32 Å². The summed E-state index contributed by atoms with van der Waals surface area (Å²) in [7, 11) is 0. The van der Waals surface area contributed by atoms with Crippen molar-refractivity contribution in [3.63, 3.8) is 0 Å². The van der Waals surface area contributed by atoms with Gasteiger partial charge in [0.1, 0.15) is 5.75 Å². The van der Waals surface area contributed by atoms with Gasteiger partial charge in [0.15, 0.2) is 0 Å². The number of nitrogens with two attached hydrogens (primary N) is 1. The summed E-state index contributed by atoms with van der Waals surface area (Å²) in [5, 5.41) is 2.84. The second-order valence-corrected chi connectivity index (χ2v) is 5.74. The number of halogens is 1. The second kappa shape index (κ2) is 10.5. The minimum absolute atomic E-state index is 0. The van der Waals surface area contributed by atoms with Crippen LogP contribution in [0.2, 0.25) is 0 Å². The lowest BCUT2D eigenvalue weighted by atomic mass is 9.90. The molecule has 3 N–H and O–H groups in total. The first-order chi connectivity index (χ1) is 10.3. The lowest BCUT2D eigenvalue weighted by molar-refractivity contribution is 0.0953. The van der Waals surface area contributed by atoms with Crippen molar-refractivity contribution in [2.45, 2.75) is 38.5 Å². The van der Waals surface area contributed by atoms with E-state index in [4.69, 9.17) is 10.5 Å². The Balaban J connectivity index is 0.00000242. The van der Waals surface area contributed by atoms with Crippen LogP contribution in [0, 0.1) is 5.92 Å². The Bertz CT molecular complexity index is 431. The van der Waals surface area contributed by atoms with Gasteiger partial charge in [-0.05, 0) is 56.0 Å². The molecule has 1 aromatic rings. The molecule has 0 spiro atoms. The zero-order chi connectivity index (χ0) is 14.9. The van der Waals surface area contributed by atoms with Crippen LogP contribution in [0.25, 0.3) is 0 Å². The summed E-state index contributed by atoms with van der Waals surface area (Å²) < 4.78 is 5.83. The van der Waals surface area contributed by atoms with E-state index in [0.717, 1.165) is 18.8 Å². The molecule has 124 valence electrons. The van der Waals surface area contributed by atoms with Gasteiger partial charge in [0.05, 0.1) is 6.61 Å². The van der Waals surface area contributed by atoms with E-state index in [2.05, 4.69) is 5.32 Å². The molecule has 1 fully saturated rings. The first kappa shape index (κ1) is 18.8. The highest BCUT2D eigenvalue weighted by molar-refractivity contribution is 5.94. The van der Waals surface area contributed by atoms with Gasteiger partial charge in [-0.3, -0.25) is 4.79 Å². The van der Waals surface area contributed by atoms with Crippen molar-refractivity contribution in [2.24, 2.45) is 11.7 Å². The highest BCUT2D eigenvalue weighted by Gasteiger charge is 2.14. The smallest absolute Gasteiger partial charge is 0.251 e. The minimum atomic E-state index is -0.0534. The summed E-state index contributed by atoms with van der Waals surface area (Å²) in [5.41, 5.74) is 6.06. The molecule has 1 amide bonds. The van der Waals surface area contributed by atoms with Crippen LogP contribution in [0.1, 0.15) is 48.9 Å². The number of benzene rings is 1. The highest BCUT2D eigenvalue weighted by Crippen LogP contribution is 2.24. The molecule has 0 saturated heterocycles. The van der Waals surface area contributed by atoms with Crippen LogP contribution in [-0.2, 0) is 0 Å². The molecule has 1 aliphatic carbocycles. The molecule has 22 heavy (non-hydrogen) atoms.